The SMILES string of the molecule is CC(C)CC(=O)NNC(=O)c1cc(-c2ccccc2)n[nH]1. The van der Waals surface area contributed by atoms with Crippen LogP contribution in [0.15, 0.2) is 36.4 Å². The van der Waals surface area contributed by atoms with Crippen LogP contribution in [0.4, 0.5) is 0 Å². The molecule has 21 heavy (non-hydrogen) atoms. The van der Waals surface area contributed by atoms with Crippen LogP contribution in [0.25, 0.3) is 11.3 Å². The normalized spacial score (nSPS) is 10.4. The highest BCUT2D eigenvalue weighted by Gasteiger charge is 2.12. The molecule has 6 nitrogen and oxygen atoms in total. The number of nitrogens with one attached hydrogen (secondary N) is 3. The molecule has 1 heterocycles. The Labute approximate surface area is 122 Å². The lowest BCUT2D eigenvalue weighted by molar-refractivity contribution is -0.122. The molecular weight excluding hydrogens is 268 g/mol. The number of aromatic nitrogens is 2. The van der Waals surface area contributed by atoms with Gasteiger partial charge in [-0.1, -0.05) is 44.2 Å². The van der Waals surface area contributed by atoms with Crippen molar-refractivity contribution in [1.82, 2.24) is 21.0 Å². The van der Waals surface area contributed by atoms with Crippen LogP contribution in [-0.2, 0) is 4.79 Å². The molecule has 0 saturated carbocycles. The van der Waals surface area contributed by atoms with Crippen LogP contribution in [0, 0.1) is 5.92 Å². The number of hydrogen-bond donors (Lipinski definition) is 3. The van der Waals surface area contributed by atoms with Crippen LogP contribution in [0.2, 0.25) is 0 Å². The molecule has 0 radical (unpaired) electrons. The highest BCUT2D eigenvalue weighted by molar-refractivity contribution is 5.94. The first kappa shape index (κ1) is 14.8. The molecule has 0 aliphatic rings. The van der Waals surface area contributed by atoms with Crippen molar-refractivity contribution < 1.29 is 9.59 Å². The minimum absolute atomic E-state index is 0.221. The van der Waals surface area contributed by atoms with Crippen molar-refractivity contribution >= 4 is 11.8 Å². The van der Waals surface area contributed by atoms with Gasteiger partial charge in [0.2, 0.25) is 5.91 Å². The number of H-pyrrole nitrogens is 1. The van der Waals surface area contributed by atoms with Gasteiger partial charge >= 0.3 is 0 Å². The van der Waals surface area contributed by atoms with Crippen molar-refractivity contribution in [2.24, 2.45) is 5.92 Å². The van der Waals surface area contributed by atoms with E-state index >= 15 is 0 Å². The average Bonchev–Trinajstić information content (AvgIpc) is 2.95. The number of carbonyl (C=O) groups excluding carboxylic acids is 2. The molecule has 0 unspecified atom stereocenters. The van der Waals surface area contributed by atoms with Gasteiger partial charge in [0.1, 0.15) is 5.69 Å². The highest BCUT2D eigenvalue weighted by Crippen LogP contribution is 2.16. The number of carbonyl (C=O) groups is 2. The Morgan fingerprint density at radius 2 is 1.90 bits per heavy atom. The Kier molecular flexibility index (Phi) is 4.71. The second-order valence-electron chi connectivity index (χ2n) is 5.13. The van der Waals surface area contributed by atoms with Gasteiger partial charge in [0.05, 0.1) is 5.69 Å². The fourth-order valence-electron chi connectivity index (χ4n) is 1.81. The van der Waals surface area contributed by atoms with E-state index in [-0.39, 0.29) is 11.8 Å². The lowest BCUT2D eigenvalue weighted by Crippen LogP contribution is -2.42. The summed E-state index contributed by atoms with van der Waals surface area (Å²) in [6.07, 6.45) is 0.360. The summed E-state index contributed by atoms with van der Waals surface area (Å²) in [6, 6.07) is 11.2. The van der Waals surface area contributed by atoms with E-state index < -0.39 is 5.91 Å². The lowest BCUT2D eigenvalue weighted by atomic mass is 10.1. The Bertz CT molecular complexity index is 620. The van der Waals surface area contributed by atoms with Gasteiger partial charge in [0.15, 0.2) is 0 Å². The first-order valence-electron chi connectivity index (χ1n) is 6.76. The molecule has 110 valence electrons. The summed E-state index contributed by atoms with van der Waals surface area (Å²) in [6.45, 7) is 3.87. The maximum atomic E-state index is 11.9. The standard InChI is InChI=1S/C15H18N4O2/c1-10(2)8-14(20)18-19-15(21)13-9-12(16-17-13)11-6-4-3-5-7-11/h3-7,9-10H,8H2,1-2H3,(H,16,17)(H,18,20)(H,19,21). The third-order valence-corrected chi connectivity index (χ3v) is 2.80. The molecule has 3 N–H and O–H groups in total. The number of hydrazine groups is 1. The number of benzene rings is 1. The van der Waals surface area contributed by atoms with Crippen LogP contribution in [0.1, 0.15) is 30.8 Å². The van der Waals surface area contributed by atoms with E-state index in [0.717, 1.165) is 5.56 Å². The van der Waals surface area contributed by atoms with Gasteiger partial charge in [-0.2, -0.15) is 5.10 Å². The summed E-state index contributed by atoms with van der Waals surface area (Å²) in [5, 5.41) is 6.74. The van der Waals surface area contributed by atoms with Crippen molar-refractivity contribution in [1.29, 1.82) is 0 Å². The zero-order chi connectivity index (χ0) is 15.2. The molecule has 2 rings (SSSR count). The first-order valence-corrected chi connectivity index (χ1v) is 6.76. The van der Waals surface area contributed by atoms with Gasteiger partial charge in [-0.15, -0.1) is 0 Å². The van der Waals surface area contributed by atoms with E-state index in [1.807, 2.05) is 44.2 Å². The van der Waals surface area contributed by atoms with Crippen LogP contribution in [-0.4, -0.2) is 22.0 Å². The van der Waals surface area contributed by atoms with E-state index in [0.29, 0.717) is 17.8 Å². The fraction of sp³-hybridized carbons (Fsp3) is 0.267. The quantitative estimate of drug-likeness (QED) is 0.750. The van der Waals surface area contributed by atoms with Crippen LogP contribution in [0.3, 0.4) is 0 Å². The molecule has 0 aliphatic heterocycles. The van der Waals surface area contributed by atoms with Crippen LogP contribution < -0.4 is 10.9 Å². The molecule has 6 heteroatoms. The van der Waals surface area contributed by atoms with E-state index in [1.165, 1.54) is 0 Å². The topological polar surface area (TPSA) is 86.9 Å². The van der Waals surface area contributed by atoms with Crippen molar-refractivity contribution in [3.63, 3.8) is 0 Å². The fourth-order valence-corrected chi connectivity index (χ4v) is 1.81. The molecule has 0 atom stereocenters. The summed E-state index contributed by atoms with van der Waals surface area (Å²) >= 11 is 0. The Balaban J connectivity index is 1.95. The molecule has 0 bridgehead atoms. The molecule has 0 fully saturated rings. The van der Waals surface area contributed by atoms with E-state index in [2.05, 4.69) is 21.0 Å². The zero-order valence-corrected chi connectivity index (χ0v) is 12.0. The van der Waals surface area contributed by atoms with Gasteiger partial charge in [-0.3, -0.25) is 25.5 Å². The summed E-state index contributed by atoms with van der Waals surface area (Å²) < 4.78 is 0. The molecule has 1 aromatic heterocycles. The van der Waals surface area contributed by atoms with Crippen LogP contribution >= 0.6 is 0 Å². The predicted molar refractivity (Wildman–Crippen MR) is 79.1 cm³/mol. The summed E-state index contributed by atoms with van der Waals surface area (Å²) in [5.74, 6) is -0.415. The molecular formula is C15H18N4O2. The van der Waals surface area contributed by atoms with Crippen molar-refractivity contribution in [3.05, 3.63) is 42.1 Å². The monoisotopic (exact) mass is 286 g/mol. The van der Waals surface area contributed by atoms with Gasteiger partial charge in [-0.25, -0.2) is 0 Å². The Morgan fingerprint density at radius 3 is 2.57 bits per heavy atom. The highest BCUT2D eigenvalue weighted by atomic mass is 16.2. The maximum Gasteiger partial charge on any atom is 0.287 e. The molecule has 2 aromatic rings. The first-order chi connectivity index (χ1) is 10.1. The van der Waals surface area contributed by atoms with E-state index in [1.54, 1.807) is 6.07 Å². The van der Waals surface area contributed by atoms with E-state index in [4.69, 9.17) is 0 Å². The Morgan fingerprint density at radius 1 is 1.19 bits per heavy atom. The zero-order valence-electron chi connectivity index (χ0n) is 12.0. The second kappa shape index (κ2) is 6.69. The van der Waals surface area contributed by atoms with Crippen LogP contribution in [0.5, 0.6) is 0 Å². The third kappa shape index (κ3) is 4.17. The molecule has 0 saturated heterocycles. The second-order valence-corrected chi connectivity index (χ2v) is 5.13. The molecule has 2 amide bonds. The third-order valence-electron chi connectivity index (χ3n) is 2.80. The van der Waals surface area contributed by atoms with Gasteiger partial charge in [0, 0.05) is 12.0 Å². The predicted octanol–water partition coefficient (Wildman–Crippen LogP) is 1.88. The largest absolute Gasteiger partial charge is 0.287 e. The van der Waals surface area contributed by atoms with E-state index in [9.17, 15) is 9.59 Å². The molecule has 0 spiro atoms. The lowest BCUT2D eigenvalue weighted by Gasteiger charge is -2.07. The number of hydrogen-bond acceptors (Lipinski definition) is 3. The summed E-state index contributed by atoms with van der Waals surface area (Å²) in [4.78, 5) is 23.3. The van der Waals surface area contributed by atoms with Gasteiger partial charge in [-0.05, 0) is 12.0 Å². The minimum atomic E-state index is -0.429. The van der Waals surface area contributed by atoms with Crippen molar-refractivity contribution in [3.8, 4) is 11.3 Å². The van der Waals surface area contributed by atoms with Crippen molar-refractivity contribution in [2.75, 3.05) is 0 Å². The minimum Gasteiger partial charge on any atom is -0.273 e. The smallest absolute Gasteiger partial charge is 0.273 e. The average molecular weight is 286 g/mol. The number of rotatable bonds is 4. The molecule has 1 aromatic carbocycles. The molecule has 0 aliphatic carbocycles. The summed E-state index contributed by atoms with van der Waals surface area (Å²) in [5.41, 5.74) is 6.61. The summed E-state index contributed by atoms with van der Waals surface area (Å²) in [7, 11) is 0. The van der Waals surface area contributed by atoms with Gasteiger partial charge < -0.3 is 0 Å². The number of aromatic amines is 1. The number of amides is 2. The van der Waals surface area contributed by atoms with Crippen molar-refractivity contribution in [2.45, 2.75) is 20.3 Å². The number of nitrogens with zero attached hydrogens (tertiary/aromatic N) is 1. The van der Waals surface area contributed by atoms with Gasteiger partial charge in [0.25, 0.3) is 5.91 Å². The Hall–Kier alpha value is -2.63. The maximum absolute atomic E-state index is 11.9.